The Bertz CT molecular complexity index is 1270. The van der Waals surface area contributed by atoms with Crippen molar-refractivity contribution in [3.63, 3.8) is 0 Å². The van der Waals surface area contributed by atoms with Crippen molar-refractivity contribution in [1.82, 2.24) is 15.5 Å². The maximum absolute atomic E-state index is 14.6. The molecule has 2 aromatic rings. The Kier molecular flexibility index (Phi) is 8.50. The van der Waals surface area contributed by atoms with Gasteiger partial charge >= 0.3 is 0 Å². The molecule has 0 unspecified atom stereocenters. The van der Waals surface area contributed by atoms with Crippen molar-refractivity contribution in [2.24, 2.45) is 5.41 Å². The Hall–Kier alpha value is -2.84. The van der Waals surface area contributed by atoms with Gasteiger partial charge in [-0.3, -0.25) is 4.79 Å². The fraction of sp³-hybridized carbons (Fsp3) is 0.629. The van der Waals surface area contributed by atoms with Crippen molar-refractivity contribution in [3.05, 3.63) is 53.3 Å². The molecule has 5 fully saturated rings. The number of halogens is 1. The molecule has 4 heterocycles. The number of rotatable bonds is 7. The maximum atomic E-state index is 14.6. The first-order chi connectivity index (χ1) is 21.0. The third kappa shape index (κ3) is 6.51. The van der Waals surface area contributed by atoms with Gasteiger partial charge in [-0.25, -0.2) is 4.39 Å². The van der Waals surface area contributed by atoms with Crippen LogP contribution in [0.1, 0.15) is 86.0 Å². The molecule has 2 N–H and O–H groups in total. The maximum Gasteiger partial charge on any atom is 0.253 e. The van der Waals surface area contributed by atoms with E-state index in [9.17, 15) is 9.18 Å². The van der Waals surface area contributed by atoms with Crippen molar-refractivity contribution in [2.75, 3.05) is 57.3 Å². The molecule has 4 aliphatic heterocycles. The summed E-state index contributed by atoms with van der Waals surface area (Å²) in [7, 11) is 0. The molecule has 7 rings (SSSR count). The molecular weight excluding hydrogens is 543 g/mol. The SMILES string of the molecule is O=C(c1ccc(O[C@H]2CCNC2)c(C2CCCCC2)c1)N1CCC(Oc2cc(F)cc(N3CC4(CCNCC4)C3)c2)CC1. The Morgan fingerprint density at radius 2 is 1.63 bits per heavy atom. The predicted molar refractivity (Wildman–Crippen MR) is 167 cm³/mol. The molecule has 0 aromatic heterocycles. The summed E-state index contributed by atoms with van der Waals surface area (Å²) in [5, 5.41) is 6.84. The minimum atomic E-state index is -0.253. The van der Waals surface area contributed by atoms with E-state index in [1.165, 1.54) is 43.7 Å². The normalized spacial score (nSPS) is 24.6. The average Bonchev–Trinajstić information content (AvgIpc) is 3.54. The molecule has 1 amide bonds. The van der Waals surface area contributed by atoms with Crippen LogP contribution in [0.4, 0.5) is 10.1 Å². The van der Waals surface area contributed by atoms with E-state index >= 15 is 0 Å². The first-order valence-corrected chi connectivity index (χ1v) is 16.8. The van der Waals surface area contributed by atoms with Gasteiger partial charge in [0.05, 0.1) is 0 Å². The van der Waals surface area contributed by atoms with Crippen LogP contribution in [0.5, 0.6) is 11.5 Å². The lowest BCUT2D eigenvalue weighted by Gasteiger charge is -2.53. The Labute approximate surface area is 255 Å². The third-order valence-electron chi connectivity index (χ3n) is 10.6. The van der Waals surface area contributed by atoms with E-state index in [-0.39, 0.29) is 23.9 Å². The van der Waals surface area contributed by atoms with Crippen molar-refractivity contribution in [3.8, 4) is 11.5 Å². The molecule has 4 saturated heterocycles. The van der Waals surface area contributed by atoms with Crippen molar-refractivity contribution >= 4 is 11.6 Å². The lowest BCUT2D eigenvalue weighted by molar-refractivity contribution is 0.0595. The minimum absolute atomic E-state index is 0.0283. The van der Waals surface area contributed by atoms with E-state index < -0.39 is 0 Å². The van der Waals surface area contributed by atoms with Gasteiger partial charge in [0.1, 0.15) is 29.5 Å². The highest BCUT2D eigenvalue weighted by atomic mass is 19.1. The molecule has 1 atom stereocenters. The molecule has 232 valence electrons. The number of piperidine rings is 2. The van der Waals surface area contributed by atoms with Crippen LogP contribution in [0.2, 0.25) is 0 Å². The van der Waals surface area contributed by atoms with E-state index in [0.717, 1.165) is 88.4 Å². The first kappa shape index (κ1) is 28.9. The summed E-state index contributed by atoms with van der Waals surface area (Å²) in [6.07, 6.45) is 11.2. The van der Waals surface area contributed by atoms with Gasteiger partial charge < -0.3 is 29.9 Å². The average molecular weight is 591 g/mol. The molecule has 0 radical (unpaired) electrons. The largest absolute Gasteiger partial charge is 0.490 e. The van der Waals surface area contributed by atoms with Gasteiger partial charge in [0, 0.05) is 74.4 Å². The Morgan fingerprint density at radius 3 is 2.37 bits per heavy atom. The van der Waals surface area contributed by atoms with Crippen LogP contribution in [-0.4, -0.2) is 75.4 Å². The number of nitrogens with one attached hydrogen (secondary N) is 2. The summed E-state index contributed by atoms with van der Waals surface area (Å²) >= 11 is 0. The number of hydrogen-bond donors (Lipinski definition) is 2. The van der Waals surface area contributed by atoms with Gasteiger partial charge in [0.2, 0.25) is 0 Å². The minimum Gasteiger partial charge on any atom is -0.490 e. The van der Waals surface area contributed by atoms with Gasteiger partial charge in [0.15, 0.2) is 0 Å². The Balaban J connectivity index is 0.969. The molecule has 1 saturated carbocycles. The topological polar surface area (TPSA) is 66.1 Å². The molecule has 2 aromatic carbocycles. The summed E-state index contributed by atoms with van der Waals surface area (Å²) in [5.74, 6) is 1.85. The number of ether oxygens (including phenoxy) is 2. The van der Waals surface area contributed by atoms with Crippen LogP contribution >= 0.6 is 0 Å². The number of amides is 1. The van der Waals surface area contributed by atoms with Gasteiger partial charge in [-0.2, -0.15) is 0 Å². The van der Waals surface area contributed by atoms with Crippen LogP contribution in [0.3, 0.4) is 0 Å². The third-order valence-corrected chi connectivity index (χ3v) is 10.6. The Morgan fingerprint density at radius 1 is 0.837 bits per heavy atom. The van der Waals surface area contributed by atoms with Crippen LogP contribution in [0.15, 0.2) is 36.4 Å². The highest BCUT2D eigenvalue weighted by Crippen LogP contribution is 2.42. The van der Waals surface area contributed by atoms with Gasteiger partial charge in [0.25, 0.3) is 5.91 Å². The van der Waals surface area contributed by atoms with E-state index in [1.54, 1.807) is 6.07 Å². The summed E-state index contributed by atoms with van der Waals surface area (Å²) in [6, 6.07) is 11.2. The number of likely N-dealkylation sites (tertiary alicyclic amines) is 1. The molecule has 0 bridgehead atoms. The van der Waals surface area contributed by atoms with Crippen LogP contribution < -0.4 is 25.0 Å². The number of benzene rings is 2. The fourth-order valence-corrected chi connectivity index (χ4v) is 8.00. The highest BCUT2D eigenvalue weighted by Gasteiger charge is 2.43. The second-order valence-corrected chi connectivity index (χ2v) is 13.7. The van der Waals surface area contributed by atoms with Crippen molar-refractivity contribution < 1.29 is 18.7 Å². The molecule has 1 spiro atoms. The summed E-state index contributed by atoms with van der Waals surface area (Å²) in [6.45, 7) is 7.29. The van der Waals surface area contributed by atoms with E-state index in [1.807, 2.05) is 23.1 Å². The first-order valence-electron chi connectivity index (χ1n) is 16.8. The quantitative estimate of drug-likeness (QED) is 0.445. The van der Waals surface area contributed by atoms with Gasteiger partial charge in [-0.15, -0.1) is 0 Å². The molecule has 5 aliphatic rings. The second kappa shape index (κ2) is 12.6. The van der Waals surface area contributed by atoms with Crippen molar-refractivity contribution in [1.29, 1.82) is 0 Å². The number of carbonyl (C=O) groups is 1. The van der Waals surface area contributed by atoms with E-state index in [0.29, 0.717) is 30.2 Å². The molecule has 7 nitrogen and oxygen atoms in total. The lowest BCUT2D eigenvalue weighted by atomic mass is 9.72. The lowest BCUT2D eigenvalue weighted by Crippen LogP contribution is -2.60. The molecule has 43 heavy (non-hydrogen) atoms. The van der Waals surface area contributed by atoms with Gasteiger partial charge in [-0.05, 0) is 87.5 Å². The highest BCUT2D eigenvalue weighted by molar-refractivity contribution is 5.94. The number of hydrogen-bond acceptors (Lipinski definition) is 6. The zero-order chi connectivity index (χ0) is 29.2. The van der Waals surface area contributed by atoms with Crippen LogP contribution in [0.25, 0.3) is 0 Å². The molecular formula is C35H47FN4O3. The summed E-state index contributed by atoms with van der Waals surface area (Å²) in [4.78, 5) is 17.9. The smallest absolute Gasteiger partial charge is 0.253 e. The van der Waals surface area contributed by atoms with Crippen LogP contribution in [-0.2, 0) is 0 Å². The monoisotopic (exact) mass is 590 g/mol. The van der Waals surface area contributed by atoms with E-state index in [2.05, 4.69) is 21.6 Å². The number of carbonyl (C=O) groups excluding carboxylic acids is 1. The second-order valence-electron chi connectivity index (χ2n) is 13.7. The van der Waals surface area contributed by atoms with Crippen LogP contribution in [0, 0.1) is 11.2 Å². The predicted octanol–water partition coefficient (Wildman–Crippen LogP) is 5.49. The summed E-state index contributed by atoms with van der Waals surface area (Å²) < 4.78 is 27.4. The zero-order valence-electron chi connectivity index (χ0n) is 25.4. The molecule has 1 aliphatic carbocycles. The van der Waals surface area contributed by atoms with E-state index in [4.69, 9.17) is 9.47 Å². The van der Waals surface area contributed by atoms with Crippen molar-refractivity contribution in [2.45, 2.75) is 82.3 Å². The fourth-order valence-electron chi connectivity index (χ4n) is 8.00. The molecule has 8 heteroatoms. The summed E-state index contributed by atoms with van der Waals surface area (Å²) in [5.41, 5.74) is 3.27. The number of nitrogens with zero attached hydrogens (tertiary/aromatic N) is 2. The zero-order valence-corrected chi connectivity index (χ0v) is 25.4. The standard InChI is InChI=1S/C35H47FN4O3/c36-27-19-28(40-23-35(24-40)11-14-37-15-12-35)21-31(20-27)42-29-9-16-39(17-10-29)34(41)26-6-7-33(43-30-8-13-38-22-30)32(18-26)25-4-2-1-3-5-25/h6-7,18-21,25,29-30,37-38H,1-5,8-17,22-24H2/t30-/m0/s1. The number of anilines is 1. The van der Waals surface area contributed by atoms with Gasteiger partial charge in [-0.1, -0.05) is 19.3 Å².